The lowest BCUT2D eigenvalue weighted by Crippen LogP contribution is -2.12. The van der Waals surface area contributed by atoms with E-state index in [2.05, 4.69) is 0 Å². The number of aliphatic carboxylic acids is 2. The molecule has 0 aliphatic rings. The lowest BCUT2D eigenvalue weighted by atomic mass is 9.98. The van der Waals surface area contributed by atoms with Gasteiger partial charge in [0, 0.05) is 5.57 Å². The number of carbonyl (C=O) groups is 2. The fraction of sp³-hybridized carbons (Fsp3) is 0.667. The van der Waals surface area contributed by atoms with Gasteiger partial charge in [0.25, 0.3) is 0 Å². The van der Waals surface area contributed by atoms with Gasteiger partial charge < -0.3 is 10.2 Å². The van der Waals surface area contributed by atoms with Crippen molar-refractivity contribution in [3.8, 4) is 0 Å². The Hall–Kier alpha value is -1.32. The summed E-state index contributed by atoms with van der Waals surface area (Å²) in [6, 6.07) is 0. The van der Waals surface area contributed by atoms with Crippen LogP contribution in [0.2, 0.25) is 0 Å². The molecule has 1 unspecified atom stereocenters. The number of hydrogen-bond donors (Lipinski definition) is 2. The highest BCUT2D eigenvalue weighted by Crippen LogP contribution is 2.14. The molecule has 0 saturated heterocycles. The lowest BCUT2D eigenvalue weighted by Gasteiger charge is -2.08. The second-order valence-corrected chi connectivity index (χ2v) is 3.92. The van der Waals surface area contributed by atoms with Crippen LogP contribution in [0.15, 0.2) is 11.6 Å². The molecule has 0 fully saturated rings. The summed E-state index contributed by atoms with van der Waals surface area (Å²) in [7, 11) is 0. The zero-order chi connectivity index (χ0) is 12.6. The van der Waals surface area contributed by atoms with Gasteiger partial charge in [-0.05, 0) is 32.6 Å². The topological polar surface area (TPSA) is 74.6 Å². The first kappa shape index (κ1) is 14.7. The minimum absolute atomic E-state index is 0.260. The van der Waals surface area contributed by atoms with Crippen molar-refractivity contribution in [2.75, 3.05) is 0 Å². The zero-order valence-corrected chi connectivity index (χ0v) is 9.90. The maximum absolute atomic E-state index is 10.7. The van der Waals surface area contributed by atoms with Crippen LogP contribution in [0, 0.1) is 5.92 Å². The number of allylic oxidation sites excluding steroid dienone is 1. The van der Waals surface area contributed by atoms with E-state index in [4.69, 9.17) is 10.2 Å². The predicted molar refractivity (Wildman–Crippen MR) is 61.3 cm³/mol. The summed E-state index contributed by atoms with van der Waals surface area (Å²) in [6.45, 7) is 3.43. The third-order valence-electron chi connectivity index (χ3n) is 2.64. The first-order chi connectivity index (χ1) is 7.49. The van der Waals surface area contributed by atoms with Crippen molar-refractivity contribution in [3.05, 3.63) is 11.6 Å². The normalized spacial score (nSPS) is 13.5. The van der Waals surface area contributed by atoms with E-state index in [0.717, 1.165) is 12.8 Å². The molecular formula is C12H20O4. The summed E-state index contributed by atoms with van der Waals surface area (Å²) < 4.78 is 0. The minimum Gasteiger partial charge on any atom is -0.481 e. The Balaban J connectivity index is 3.72. The van der Waals surface area contributed by atoms with Gasteiger partial charge in [0.05, 0.1) is 5.92 Å². The Morgan fingerprint density at radius 2 is 1.88 bits per heavy atom. The summed E-state index contributed by atoms with van der Waals surface area (Å²) >= 11 is 0. The van der Waals surface area contributed by atoms with Crippen LogP contribution in [0.4, 0.5) is 0 Å². The van der Waals surface area contributed by atoms with Gasteiger partial charge in [-0.25, -0.2) is 4.79 Å². The molecule has 16 heavy (non-hydrogen) atoms. The van der Waals surface area contributed by atoms with Crippen molar-refractivity contribution < 1.29 is 19.8 Å². The number of unbranched alkanes of at least 4 members (excludes halogenated alkanes) is 2. The smallest absolute Gasteiger partial charge is 0.330 e. The predicted octanol–water partition coefficient (Wildman–Crippen LogP) is 2.69. The van der Waals surface area contributed by atoms with Gasteiger partial charge in [-0.15, -0.1) is 0 Å². The standard InChI is InChI=1S/C12H20O4/c1-3-10(12(15)16)8-6-4-5-7-9(2)11(13)14/h7,10H,3-6,8H2,1-2H3,(H,13,14)(H,15,16). The molecule has 0 aromatic carbocycles. The van der Waals surface area contributed by atoms with Crippen LogP contribution in [0.5, 0.6) is 0 Å². The van der Waals surface area contributed by atoms with Crippen LogP contribution < -0.4 is 0 Å². The molecule has 4 heteroatoms. The van der Waals surface area contributed by atoms with Crippen molar-refractivity contribution in [3.63, 3.8) is 0 Å². The van der Waals surface area contributed by atoms with Crippen molar-refractivity contribution in [2.45, 2.75) is 46.0 Å². The van der Waals surface area contributed by atoms with E-state index < -0.39 is 11.9 Å². The number of hydrogen-bond acceptors (Lipinski definition) is 2. The molecule has 0 bridgehead atoms. The highest BCUT2D eigenvalue weighted by Gasteiger charge is 2.13. The third kappa shape index (κ3) is 6.22. The molecule has 0 spiro atoms. The molecule has 0 aromatic heterocycles. The highest BCUT2D eigenvalue weighted by molar-refractivity contribution is 5.85. The van der Waals surface area contributed by atoms with Crippen LogP contribution in [0.1, 0.15) is 46.0 Å². The molecule has 0 radical (unpaired) electrons. The Morgan fingerprint density at radius 1 is 1.25 bits per heavy atom. The van der Waals surface area contributed by atoms with Crippen molar-refractivity contribution in [2.24, 2.45) is 5.92 Å². The van der Waals surface area contributed by atoms with Gasteiger partial charge in [-0.1, -0.05) is 19.4 Å². The SMILES string of the molecule is CCC(CCCCC=C(C)C(=O)O)C(=O)O. The summed E-state index contributed by atoms with van der Waals surface area (Å²) in [6.07, 6.45) is 5.38. The molecule has 0 aromatic rings. The lowest BCUT2D eigenvalue weighted by molar-refractivity contribution is -0.142. The van der Waals surface area contributed by atoms with E-state index in [1.165, 1.54) is 0 Å². The van der Waals surface area contributed by atoms with Crippen LogP contribution in [-0.4, -0.2) is 22.2 Å². The molecule has 0 aliphatic heterocycles. The summed E-state index contributed by atoms with van der Waals surface area (Å²) in [5.41, 5.74) is 0.352. The van der Waals surface area contributed by atoms with Crippen LogP contribution in [-0.2, 0) is 9.59 Å². The van der Waals surface area contributed by atoms with Crippen molar-refractivity contribution >= 4 is 11.9 Å². The number of carboxylic acid groups (broad SMARTS) is 2. The molecule has 0 saturated carbocycles. The molecule has 1 atom stereocenters. The molecule has 2 N–H and O–H groups in total. The average molecular weight is 228 g/mol. The molecule has 0 amide bonds. The Morgan fingerprint density at radius 3 is 2.31 bits per heavy atom. The molecule has 0 heterocycles. The van der Waals surface area contributed by atoms with E-state index in [1.807, 2.05) is 6.92 Å². The van der Waals surface area contributed by atoms with Crippen molar-refractivity contribution in [1.82, 2.24) is 0 Å². The maximum Gasteiger partial charge on any atom is 0.330 e. The quantitative estimate of drug-likeness (QED) is 0.494. The largest absolute Gasteiger partial charge is 0.481 e. The van der Waals surface area contributed by atoms with E-state index in [9.17, 15) is 9.59 Å². The van der Waals surface area contributed by atoms with E-state index in [1.54, 1.807) is 13.0 Å². The molecule has 0 aliphatic carbocycles. The Bertz CT molecular complexity index is 268. The van der Waals surface area contributed by atoms with Crippen LogP contribution in [0.25, 0.3) is 0 Å². The summed E-state index contributed by atoms with van der Waals surface area (Å²) in [4.78, 5) is 21.2. The molecule has 0 rings (SSSR count). The van der Waals surface area contributed by atoms with Gasteiger partial charge in [-0.2, -0.15) is 0 Å². The maximum atomic E-state index is 10.7. The average Bonchev–Trinajstić information content (AvgIpc) is 2.22. The van der Waals surface area contributed by atoms with Gasteiger partial charge in [0.1, 0.15) is 0 Å². The van der Waals surface area contributed by atoms with Gasteiger partial charge in [-0.3, -0.25) is 4.79 Å². The first-order valence-electron chi connectivity index (χ1n) is 5.61. The molecular weight excluding hydrogens is 208 g/mol. The fourth-order valence-corrected chi connectivity index (χ4v) is 1.44. The van der Waals surface area contributed by atoms with Gasteiger partial charge in [0.2, 0.25) is 0 Å². The third-order valence-corrected chi connectivity index (χ3v) is 2.64. The van der Waals surface area contributed by atoms with Crippen LogP contribution >= 0.6 is 0 Å². The molecule has 92 valence electrons. The van der Waals surface area contributed by atoms with Gasteiger partial charge >= 0.3 is 11.9 Å². The first-order valence-corrected chi connectivity index (χ1v) is 5.61. The van der Waals surface area contributed by atoms with Crippen molar-refractivity contribution in [1.29, 1.82) is 0 Å². The van der Waals surface area contributed by atoms with Crippen LogP contribution in [0.3, 0.4) is 0 Å². The Kier molecular flexibility index (Phi) is 7.25. The fourth-order valence-electron chi connectivity index (χ4n) is 1.44. The number of carboxylic acids is 2. The highest BCUT2D eigenvalue weighted by atomic mass is 16.4. The number of rotatable bonds is 8. The second kappa shape index (κ2) is 7.91. The summed E-state index contributed by atoms with van der Waals surface area (Å²) in [5.74, 6) is -1.89. The van der Waals surface area contributed by atoms with E-state index in [0.29, 0.717) is 24.8 Å². The second-order valence-electron chi connectivity index (χ2n) is 3.92. The minimum atomic E-state index is -0.892. The Labute approximate surface area is 96.0 Å². The van der Waals surface area contributed by atoms with E-state index >= 15 is 0 Å². The zero-order valence-electron chi connectivity index (χ0n) is 9.90. The summed E-state index contributed by atoms with van der Waals surface area (Å²) in [5, 5.41) is 17.4. The van der Waals surface area contributed by atoms with Gasteiger partial charge in [0.15, 0.2) is 0 Å². The monoisotopic (exact) mass is 228 g/mol. The van der Waals surface area contributed by atoms with E-state index in [-0.39, 0.29) is 5.92 Å². The molecule has 4 nitrogen and oxygen atoms in total.